The number of benzene rings is 6. The summed E-state index contributed by atoms with van der Waals surface area (Å²) in [6.45, 7) is 2.14. The van der Waals surface area contributed by atoms with Gasteiger partial charge in [-0.2, -0.15) is 0 Å². The average Bonchev–Trinajstić information content (AvgIpc) is 4.01. The maximum absolute atomic E-state index is 2.76. The van der Waals surface area contributed by atoms with E-state index in [0.717, 1.165) is 0 Å². The van der Waals surface area contributed by atoms with E-state index in [2.05, 4.69) is 268 Å². The summed E-state index contributed by atoms with van der Waals surface area (Å²) in [5.41, 5.74) is 2.51. The van der Waals surface area contributed by atoms with Crippen molar-refractivity contribution in [1.82, 2.24) is 0 Å². The molecule has 6 aromatic rings. The topological polar surface area (TPSA) is 0 Å². The normalized spacial score (nSPS) is 17.7. The summed E-state index contributed by atoms with van der Waals surface area (Å²) in [6, 6.07) is 67.4. The molecular formula is C55H46Si3. The van der Waals surface area contributed by atoms with E-state index < -0.39 is 24.2 Å². The van der Waals surface area contributed by atoms with E-state index >= 15 is 0 Å². The molecule has 3 aliphatic heterocycles. The molecule has 0 nitrogen and oxygen atoms in total. The van der Waals surface area contributed by atoms with Crippen LogP contribution < -0.4 is 31.1 Å². The van der Waals surface area contributed by atoms with Gasteiger partial charge in [0, 0.05) is 0 Å². The molecule has 0 unspecified atom stereocenters. The predicted octanol–water partition coefficient (Wildman–Crippen LogP) is 8.93. The van der Waals surface area contributed by atoms with E-state index in [1.54, 1.807) is 0 Å². The Balaban J connectivity index is 1.19. The van der Waals surface area contributed by atoms with Gasteiger partial charge in [0.25, 0.3) is 0 Å². The van der Waals surface area contributed by atoms with Crippen LogP contribution in [-0.4, -0.2) is 24.2 Å². The lowest BCUT2D eigenvalue weighted by atomic mass is 10.3. The summed E-state index contributed by atoms with van der Waals surface area (Å²) in [7, 11) is -7.73. The van der Waals surface area contributed by atoms with Crippen LogP contribution in [0.1, 0.15) is 6.92 Å². The third-order valence-corrected chi connectivity index (χ3v) is 26.2. The Hall–Kier alpha value is -6.37. The molecule has 0 bridgehead atoms. The van der Waals surface area contributed by atoms with Gasteiger partial charge in [0.05, 0.1) is 0 Å². The molecule has 0 saturated heterocycles. The van der Waals surface area contributed by atoms with Gasteiger partial charge in [-0.25, -0.2) is 0 Å². The fourth-order valence-electron chi connectivity index (χ4n) is 9.68. The van der Waals surface area contributed by atoms with Gasteiger partial charge in [0.2, 0.25) is 0 Å². The van der Waals surface area contributed by atoms with Crippen LogP contribution in [0.15, 0.2) is 287 Å². The smallest absolute Gasteiger partial charge is 0.0877 e. The van der Waals surface area contributed by atoms with E-state index in [-0.39, 0.29) is 0 Å². The van der Waals surface area contributed by atoms with Crippen molar-refractivity contribution in [3.8, 4) is 0 Å². The van der Waals surface area contributed by atoms with Gasteiger partial charge in [-0.05, 0) is 64.0 Å². The molecule has 6 aromatic carbocycles. The Kier molecular flexibility index (Phi) is 10.4. The zero-order chi connectivity index (χ0) is 39.3. The molecule has 0 N–H and O–H groups in total. The molecule has 3 heteroatoms. The summed E-state index contributed by atoms with van der Waals surface area (Å²) < 4.78 is 0. The first-order chi connectivity index (χ1) is 28.7. The Morgan fingerprint density at radius 2 is 0.569 bits per heavy atom. The van der Waals surface area contributed by atoms with Crippen molar-refractivity contribution in [1.29, 1.82) is 0 Å². The van der Waals surface area contributed by atoms with Crippen LogP contribution in [0.3, 0.4) is 0 Å². The van der Waals surface area contributed by atoms with Gasteiger partial charge >= 0.3 is 0 Å². The Morgan fingerprint density at radius 3 is 0.879 bits per heavy atom. The van der Waals surface area contributed by atoms with Gasteiger partial charge in [-0.15, -0.1) is 0 Å². The van der Waals surface area contributed by atoms with Gasteiger partial charge in [-0.3, -0.25) is 0 Å². The van der Waals surface area contributed by atoms with Crippen LogP contribution in [0.4, 0.5) is 0 Å². The molecule has 0 amide bonds. The largest absolute Gasteiger partial charge is 0.179 e. The molecular weight excluding hydrogens is 745 g/mol. The van der Waals surface area contributed by atoms with Gasteiger partial charge in [-0.1, -0.05) is 261 Å². The van der Waals surface area contributed by atoms with Crippen molar-refractivity contribution in [3.63, 3.8) is 0 Å². The number of hydrogen-bond acceptors (Lipinski definition) is 0. The quantitative estimate of drug-likeness (QED) is 0.115. The van der Waals surface area contributed by atoms with E-state index in [1.165, 1.54) is 57.1 Å². The summed E-state index contributed by atoms with van der Waals surface area (Å²) in [5, 5.41) is 15.4. The molecule has 0 aliphatic carbocycles. The molecule has 0 fully saturated rings. The molecule has 9 rings (SSSR count). The SMILES string of the molecule is C/C=C/C1=CC=C(/C=C/C2=CC=C(/C=C/C3=CC=C[Si]3(c3ccccc3)c3ccccc3)[Si]2(c2ccccc2)c2ccccc2)[Si]1(c1ccccc1)c1ccccc1. The summed E-state index contributed by atoms with van der Waals surface area (Å²) in [6.07, 6.45) is 28.7. The highest BCUT2D eigenvalue weighted by Crippen LogP contribution is 2.36. The maximum Gasteiger partial charge on any atom is 0.179 e. The standard InChI is InChI=1S/C55H46Si3/c1-2-22-48-38-39-54(57(48,49-27-13-5-14-28-49)50-29-15-6-16-30-50)41-43-55-42-40-53(58(55,51-31-17-7-18-32-51)52-33-19-8-20-34-52)37-36-47-35-21-44-56(47,45-23-9-3-10-24-45)46-25-11-4-12-26-46/h2-44H,1H3/b22-2+,37-36+,43-41+. The molecule has 3 heterocycles. The summed E-state index contributed by atoms with van der Waals surface area (Å²) in [4.78, 5) is 0. The van der Waals surface area contributed by atoms with Crippen molar-refractivity contribution >= 4 is 55.3 Å². The van der Waals surface area contributed by atoms with Gasteiger partial charge in [0.1, 0.15) is 0 Å². The molecule has 3 aliphatic rings. The van der Waals surface area contributed by atoms with E-state index in [9.17, 15) is 0 Å². The third-order valence-electron chi connectivity index (χ3n) is 12.2. The first kappa shape index (κ1) is 37.2. The second-order valence-electron chi connectivity index (χ2n) is 15.1. The third kappa shape index (κ3) is 6.20. The van der Waals surface area contributed by atoms with Crippen LogP contribution in [-0.2, 0) is 0 Å². The minimum Gasteiger partial charge on any atom is -0.0877 e. The minimum absolute atomic E-state index is 1.39. The second kappa shape index (κ2) is 16.2. The first-order valence-electron chi connectivity index (χ1n) is 20.3. The highest BCUT2D eigenvalue weighted by Gasteiger charge is 2.48. The fraction of sp³-hybridized carbons (Fsp3) is 0.0182. The van der Waals surface area contributed by atoms with Crippen LogP contribution >= 0.6 is 0 Å². The Bertz CT molecular complexity index is 2560. The average molecular weight is 791 g/mol. The predicted molar refractivity (Wildman–Crippen MR) is 256 cm³/mol. The summed E-state index contributed by atoms with van der Waals surface area (Å²) in [5.74, 6) is 0. The number of hydrogen-bond donors (Lipinski definition) is 0. The zero-order valence-electron chi connectivity index (χ0n) is 32.8. The lowest BCUT2D eigenvalue weighted by Gasteiger charge is -2.35. The van der Waals surface area contributed by atoms with Crippen LogP contribution in [0.2, 0.25) is 0 Å². The number of rotatable bonds is 11. The second-order valence-corrected chi connectivity index (χ2v) is 26.4. The Morgan fingerprint density at radius 1 is 0.293 bits per heavy atom. The Labute approximate surface area is 347 Å². The number of allylic oxidation sites excluding steroid dienone is 17. The van der Waals surface area contributed by atoms with Crippen LogP contribution in [0.25, 0.3) is 0 Å². The minimum atomic E-state index is -2.76. The van der Waals surface area contributed by atoms with Crippen molar-refractivity contribution < 1.29 is 0 Å². The van der Waals surface area contributed by atoms with E-state index in [1.807, 2.05) is 0 Å². The summed E-state index contributed by atoms with van der Waals surface area (Å²) >= 11 is 0. The van der Waals surface area contributed by atoms with E-state index in [0.29, 0.717) is 0 Å². The van der Waals surface area contributed by atoms with Crippen molar-refractivity contribution in [2.45, 2.75) is 6.92 Å². The lowest BCUT2D eigenvalue weighted by molar-refractivity contribution is 1.63. The molecule has 0 radical (unpaired) electrons. The molecule has 58 heavy (non-hydrogen) atoms. The van der Waals surface area contributed by atoms with Crippen molar-refractivity contribution in [2.24, 2.45) is 0 Å². The molecule has 0 saturated carbocycles. The highest BCUT2D eigenvalue weighted by molar-refractivity contribution is 7.15. The highest BCUT2D eigenvalue weighted by atomic mass is 28.3. The zero-order valence-corrected chi connectivity index (χ0v) is 35.8. The molecule has 0 spiro atoms. The van der Waals surface area contributed by atoms with E-state index in [4.69, 9.17) is 0 Å². The van der Waals surface area contributed by atoms with Gasteiger partial charge < -0.3 is 0 Å². The molecule has 278 valence electrons. The monoisotopic (exact) mass is 790 g/mol. The maximum atomic E-state index is 2.51. The van der Waals surface area contributed by atoms with Gasteiger partial charge in [0.15, 0.2) is 24.2 Å². The molecule has 0 aromatic heterocycles. The van der Waals surface area contributed by atoms with Crippen LogP contribution in [0, 0.1) is 0 Å². The van der Waals surface area contributed by atoms with Crippen molar-refractivity contribution in [3.05, 3.63) is 287 Å². The molecule has 0 atom stereocenters. The van der Waals surface area contributed by atoms with Crippen LogP contribution in [0.5, 0.6) is 0 Å². The lowest BCUT2D eigenvalue weighted by Crippen LogP contribution is -2.61. The fourth-order valence-corrected chi connectivity index (χ4v) is 23.3. The van der Waals surface area contributed by atoms with Crippen molar-refractivity contribution in [2.75, 3.05) is 0 Å². The first-order valence-corrected chi connectivity index (χ1v) is 26.4.